The Balaban J connectivity index is 1.27. The molecule has 7 heteroatoms. The Hall–Kier alpha value is -3.97. The molecule has 0 aliphatic rings. The fraction of sp³-hybridized carbons (Fsp3) is 0.148. The minimum absolute atomic E-state index is 0.240. The average Bonchev–Trinajstić information content (AvgIpc) is 3.17. The predicted molar refractivity (Wildman–Crippen MR) is 138 cm³/mol. The second-order valence-corrected chi connectivity index (χ2v) is 8.40. The van der Waals surface area contributed by atoms with Crippen molar-refractivity contribution in [2.75, 3.05) is 5.32 Å². The zero-order valence-electron chi connectivity index (χ0n) is 19.1. The van der Waals surface area contributed by atoms with Gasteiger partial charge in [0.05, 0.1) is 5.69 Å². The minimum Gasteiger partial charge on any atom is -0.489 e. The number of hydrogen-bond acceptors (Lipinski definition) is 4. The van der Waals surface area contributed by atoms with Gasteiger partial charge in [0.2, 0.25) is 0 Å². The Morgan fingerprint density at radius 1 is 0.941 bits per heavy atom. The van der Waals surface area contributed by atoms with Gasteiger partial charge in [0.25, 0.3) is 5.91 Å². The summed E-state index contributed by atoms with van der Waals surface area (Å²) in [6.07, 6.45) is 0.806. The molecule has 172 valence electrons. The molecule has 34 heavy (non-hydrogen) atoms. The van der Waals surface area contributed by atoms with Crippen molar-refractivity contribution >= 4 is 28.9 Å². The van der Waals surface area contributed by atoms with Crippen LogP contribution in [-0.2, 0) is 13.0 Å². The summed E-state index contributed by atoms with van der Waals surface area (Å²) in [7, 11) is 0. The number of ether oxygens (including phenoxy) is 1. The van der Waals surface area contributed by atoms with Gasteiger partial charge in [-0.2, -0.15) is 5.10 Å². The maximum absolute atomic E-state index is 12.5. The highest BCUT2D eigenvalue weighted by molar-refractivity contribution is 7.80. The van der Waals surface area contributed by atoms with Gasteiger partial charge in [0.1, 0.15) is 12.4 Å². The highest BCUT2D eigenvalue weighted by Crippen LogP contribution is 2.18. The van der Waals surface area contributed by atoms with Crippen LogP contribution >= 0.6 is 12.2 Å². The first-order valence-electron chi connectivity index (χ1n) is 11.0. The Morgan fingerprint density at radius 2 is 1.65 bits per heavy atom. The largest absolute Gasteiger partial charge is 0.489 e. The van der Waals surface area contributed by atoms with E-state index in [9.17, 15) is 4.79 Å². The molecular weight excluding hydrogens is 444 g/mol. The number of hydrogen-bond donors (Lipinski definition) is 3. The van der Waals surface area contributed by atoms with Crippen LogP contribution in [0.1, 0.15) is 38.4 Å². The van der Waals surface area contributed by atoms with E-state index < -0.39 is 0 Å². The van der Waals surface area contributed by atoms with Gasteiger partial charge in [-0.15, -0.1) is 0 Å². The third-order valence-electron chi connectivity index (χ3n) is 5.47. The van der Waals surface area contributed by atoms with Gasteiger partial charge in [-0.25, -0.2) is 0 Å². The number of aromatic nitrogens is 2. The molecule has 0 saturated carbocycles. The van der Waals surface area contributed by atoms with Gasteiger partial charge >= 0.3 is 0 Å². The molecule has 0 radical (unpaired) electrons. The smallest absolute Gasteiger partial charge is 0.257 e. The second-order valence-electron chi connectivity index (χ2n) is 7.99. The summed E-state index contributed by atoms with van der Waals surface area (Å²) in [6, 6.07) is 24.9. The topological polar surface area (TPSA) is 79.0 Å². The molecule has 0 aliphatic carbocycles. The number of amides is 1. The fourth-order valence-corrected chi connectivity index (χ4v) is 3.74. The molecule has 3 aromatic carbocycles. The van der Waals surface area contributed by atoms with Crippen molar-refractivity contribution in [2.24, 2.45) is 0 Å². The first kappa shape index (κ1) is 23.2. The van der Waals surface area contributed by atoms with Crippen LogP contribution in [0.5, 0.6) is 5.75 Å². The lowest BCUT2D eigenvalue weighted by Crippen LogP contribution is -2.34. The van der Waals surface area contributed by atoms with Crippen molar-refractivity contribution < 1.29 is 9.53 Å². The van der Waals surface area contributed by atoms with Crippen LogP contribution in [0.2, 0.25) is 0 Å². The number of thiocarbonyl (C=S) groups is 1. The van der Waals surface area contributed by atoms with Crippen molar-refractivity contribution in [1.82, 2.24) is 15.5 Å². The van der Waals surface area contributed by atoms with Crippen LogP contribution in [-0.4, -0.2) is 21.2 Å². The Kier molecular flexibility index (Phi) is 7.34. The molecular formula is C27H26N4O2S. The maximum Gasteiger partial charge on any atom is 0.257 e. The average molecular weight is 471 g/mol. The number of H-pyrrole nitrogens is 1. The van der Waals surface area contributed by atoms with E-state index in [0.29, 0.717) is 17.9 Å². The van der Waals surface area contributed by atoms with E-state index in [-0.39, 0.29) is 11.0 Å². The zero-order chi connectivity index (χ0) is 23.9. The van der Waals surface area contributed by atoms with E-state index >= 15 is 0 Å². The lowest BCUT2D eigenvalue weighted by molar-refractivity contribution is 0.0977. The van der Waals surface area contributed by atoms with E-state index in [0.717, 1.165) is 29.1 Å². The molecule has 0 unspecified atom stereocenters. The second kappa shape index (κ2) is 10.8. The van der Waals surface area contributed by atoms with E-state index in [4.69, 9.17) is 17.0 Å². The van der Waals surface area contributed by atoms with Crippen LogP contribution in [0.25, 0.3) is 0 Å². The van der Waals surface area contributed by atoms with E-state index in [1.54, 1.807) is 24.3 Å². The number of carbonyl (C=O) groups excluding carboxylic acids is 1. The summed E-state index contributed by atoms with van der Waals surface area (Å²) in [5.74, 6) is 0.414. The molecule has 0 aliphatic heterocycles. The SMILES string of the molecule is Cc1n[nH]c(C)c1Cc1ccc(NC(=S)NC(=O)c2ccc(OCc3ccccc3)cc2)cc1. The van der Waals surface area contributed by atoms with E-state index in [1.807, 2.05) is 68.4 Å². The molecule has 1 heterocycles. The molecule has 0 saturated heterocycles. The normalized spacial score (nSPS) is 10.5. The van der Waals surface area contributed by atoms with Crippen LogP contribution < -0.4 is 15.4 Å². The molecule has 6 nitrogen and oxygen atoms in total. The van der Waals surface area contributed by atoms with Gasteiger partial charge in [0, 0.05) is 28.9 Å². The molecule has 4 rings (SSSR count). The maximum atomic E-state index is 12.5. The number of aryl methyl sites for hydroxylation is 2. The van der Waals surface area contributed by atoms with Crippen LogP contribution in [0.4, 0.5) is 5.69 Å². The summed E-state index contributed by atoms with van der Waals surface area (Å²) in [5, 5.41) is 13.3. The summed E-state index contributed by atoms with van der Waals surface area (Å²) in [6.45, 7) is 4.50. The van der Waals surface area contributed by atoms with Crippen molar-refractivity contribution in [3.8, 4) is 5.75 Å². The zero-order valence-corrected chi connectivity index (χ0v) is 19.9. The fourth-order valence-electron chi connectivity index (χ4n) is 3.53. The lowest BCUT2D eigenvalue weighted by atomic mass is 10.0. The lowest BCUT2D eigenvalue weighted by Gasteiger charge is -2.11. The number of aromatic amines is 1. The number of anilines is 1. The molecule has 3 N–H and O–H groups in total. The van der Waals surface area contributed by atoms with E-state index in [1.165, 1.54) is 11.1 Å². The van der Waals surface area contributed by atoms with Crippen molar-refractivity contribution in [2.45, 2.75) is 26.9 Å². The minimum atomic E-state index is -0.283. The summed E-state index contributed by atoms with van der Waals surface area (Å²) < 4.78 is 5.77. The van der Waals surface area contributed by atoms with Crippen LogP contribution in [0, 0.1) is 13.8 Å². The molecule has 1 aromatic heterocycles. The Morgan fingerprint density at radius 3 is 2.29 bits per heavy atom. The van der Waals surface area contributed by atoms with Gasteiger partial charge in [0.15, 0.2) is 5.11 Å². The van der Waals surface area contributed by atoms with E-state index in [2.05, 4.69) is 20.8 Å². The first-order chi connectivity index (χ1) is 16.5. The number of nitrogens with one attached hydrogen (secondary N) is 3. The number of carbonyl (C=O) groups is 1. The summed E-state index contributed by atoms with van der Waals surface area (Å²) in [5.41, 5.74) is 6.86. The van der Waals surface area contributed by atoms with Gasteiger partial charge in [-0.1, -0.05) is 42.5 Å². The standard InChI is InChI=1S/C27H26N4O2S/c1-18-25(19(2)31-30-18)16-20-8-12-23(13-9-20)28-27(34)29-26(32)22-10-14-24(15-11-22)33-17-21-6-4-3-5-7-21/h3-15H,16-17H2,1-2H3,(H,30,31)(H2,28,29,32,34). The Bertz CT molecular complexity index is 1250. The third-order valence-corrected chi connectivity index (χ3v) is 5.67. The van der Waals surface area contributed by atoms with Gasteiger partial charge < -0.3 is 10.1 Å². The number of benzene rings is 3. The number of nitrogens with zero attached hydrogens (tertiary/aromatic N) is 1. The van der Waals surface area contributed by atoms with Crippen molar-refractivity contribution in [3.63, 3.8) is 0 Å². The molecule has 0 fully saturated rings. The number of rotatable bonds is 7. The molecule has 4 aromatic rings. The van der Waals surface area contributed by atoms with Gasteiger partial charge in [-0.3, -0.25) is 15.2 Å². The highest BCUT2D eigenvalue weighted by atomic mass is 32.1. The van der Waals surface area contributed by atoms with Crippen molar-refractivity contribution in [1.29, 1.82) is 0 Å². The van der Waals surface area contributed by atoms with Gasteiger partial charge in [-0.05, 0) is 73.6 Å². The predicted octanol–water partition coefficient (Wildman–Crippen LogP) is 5.32. The van der Waals surface area contributed by atoms with Crippen molar-refractivity contribution in [3.05, 3.63) is 113 Å². The highest BCUT2D eigenvalue weighted by Gasteiger charge is 2.10. The van der Waals surface area contributed by atoms with Crippen LogP contribution in [0.3, 0.4) is 0 Å². The van der Waals surface area contributed by atoms with Crippen LogP contribution in [0.15, 0.2) is 78.9 Å². The summed E-state index contributed by atoms with van der Waals surface area (Å²) in [4.78, 5) is 12.5. The molecule has 0 spiro atoms. The Labute approximate surface area is 204 Å². The first-order valence-corrected chi connectivity index (χ1v) is 11.4. The third kappa shape index (κ3) is 6.08. The molecule has 1 amide bonds. The quantitative estimate of drug-likeness (QED) is 0.319. The molecule has 0 atom stereocenters. The molecule has 0 bridgehead atoms. The summed E-state index contributed by atoms with van der Waals surface area (Å²) >= 11 is 5.31. The monoisotopic (exact) mass is 470 g/mol.